The van der Waals surface area contributed by atoms with Crippen LogP contribution in [0.15, 0.2) is 11.8 Å². The van der Waals surface area contributed by atoms with E-state index in [1.165, 1.54) is 44.9 Å². The van der Waals surface area contributed by atoms with Gasteiger partial charge in [-0.3, -0.25) is 4.79 Å². The van der Waals surface area contributed by atoms with Gasteiger partial charge in [0, 0.05) is 25.3 Å². The molecule has 1 unspecified atom stereocenters. The number of nitrogens with zero attached hydrogens (tertiary/aromatic N) is 2. The average Bonchev–Trinajstić information content (AvgIpc) is 2.61. The largest absolute Gasteiger partial charge is 0.387 e. The second kappa shape index (κ2) is 6.67. The zero-order valence-electron chi connectivity index (χ0n) is 15.5. The maximum absolute atomic E-state index is 12.6. The van der Waals surface area contributed by atoms with Gasteiger partial charge in [-0.05, 0) is 87.9 Å². The Kier molecular flexibility index (Phi) is 4.52. The fraction of sp³-hybridized carbons (Fsp3) is 0.810. The number of rotatable bonds is 4. The summed E-state index contributed by atoms with van der Waals surface area (Å²) in [5.74, 6) is 2.67. The van der Waals surface area contributed by atoms with Crippen LogP contribution in [-0.2, 0) is 4.79 Å². The number of carbonyl (C=O) groups excluding carboxylic acids is 1. The van der Waals surface area contributed by atoms with Gasteiger partial charge in [-0.25, -0.2) is 0 Å². The second-order valence-corrected chi connectivity index (χ2v) is 9.19. The monoisotopic (exact) mass is 341 g/mol. The molecule has 25 heavy (non-hydrogen) atoms. The number of nitrogens with one attached hydrogen (secondary N) is 1. The van der Waals surface area contributed by atoms with Crippen molar-refractivity contribution in [3.63, 3.8) is 0 Å². The smallest absolute Gasteiger partial charge is 0.265 e. The standard InChI is InChI=1S/C21H31N3O/c1-15(21-10-16-7-17(11-21)9-18(8-16)12-21)23-14-19(13-22)20(25)24-5-3-2-4-6-24/h14-18,23H,2-12H2,1H3/b19-14-. The van der Waals surface area contributed by atoms with Crippen molar-refractivity contribution in [2.45, 2.75) is 70.8 Å². The summed E-state index contributed by atoms with van der Waals surface area (Å²) in [5.41, 5.74) is 0.665. The molecule has 1 amide bonds. The first-order valence-corrected chi connectivity index (χ1v) is 10.3. The topological polar surface area (TPSA) is 56.1 Å². The first-order valence-electron chi connectivity index (χ1n) is 10.3. The van der Waals surface area contributed by atoms with E-state index in [4.69, 9.17) is 0 Å². The van der Waals surface area contributed by atoms with Crippen molar-refractivity contribution >= 4 is 5.91 Å². The molecular weight excluding hydrogens is 310 g/mol. The summed E-state index contributed by atoms with van der Waals surface area (Å²) >= 11 is 0. The molecule has 4 heteroatoms. The van der Waals surface area contributed by atoms with E-state index < -0.39 is 0 Å². The molecule has 1 heterocycles. The van der Waals surface area contributed by atoms with Crippen molar-refractivity contribution in [2.24, 2.45) is 23.2 Å². The van der Waals surface area contributed by atoms with E-state index in [1.54, 1.807) is 6.20 Å². The minimum absolute atomic E-state index is 0.0904. The van der Waals surface area contributed by atoms with Crippen molar-refractivity contribution < 1.29 is 4.79 Å². The molecule has 1 N–H and O–H groups in total. The van der Waals surface area contributed by atoms with Gasteiger partial charge >= 0.3 is 0 Å². The highest BCUT2D eigenvalue weighted by Crippen LogP contribution is 2.61. The summed E-state index contributed by atoms with van der Waals surface area (Å²) in [6.07, 6.45) is 13.4. The Morgan fingerprint density at radius 2 is 1.68 bits per heavy atom. The zero-order valence-corrected chi connectivity index (χ0v) is 15.5. The number of hydrogen-bond donors (Lipinski definition) is 1. The minimum Gasteiger partial charge on any atom is -0.387 e. The number of amides is 1. The second-order valence-electron chi connectivity index (χ2n) is 9.19. The lowest BCUT2D eigenvalue weighted by Gasteiger charge is -2.59. The fourth-order valence-corrected chi connectivity index (χ4v) is 6.50. The summed E-state index contributed by atoms with van der Waals surface area (Å²) < 4.78 is 0. The van der Waals surface area contributed by atoms with E-state index in [0.717, 1.165) is 43.7 Å². The molecule has 0 aromatic heterocycles. The zero-order chi connectivity index (χ0) is 17.4. The summed E-state index contributed by atoms with van der Waals surface area (Å²) in [5, 5.41) is 12.9. The molecule has 1 atom stereocenters. The van der Waals surface area contributed by atoms with Gasteiger partial charge in [-0.15, -0.1) is 0 Å². The Labute approximate surface area is 151 Å². The van der Waals surface area contributed by atoms with Crippen LogP contribution in [0.1, 0.15) is 64.7 Å². The van der Waals surface area contributed by atoms with E-state index in [-0.39, 0.29) is 11.5 Å². The average molecular weight is 341 g/mol. The number of hydrogen-bond acceptors (Lipinski definition) is 3. The molecule has 4 saturated carbocycles. The first-order chi connectivity index (χ1) is 12.1. The van der Waals surface area contributed by atoms with E-state index in [2.05, 4.69) is 18.3 Å². The molecule has 0 aromatic carbocycles. The minimum atomic E-state index is -0.0904. The van der Waals surface area contributed by atoms with Gasteiger partial charge in [0.25, 0.3) is 5.91 Å². The molecule has 136 valence electrons. The maximum Gasteiger partial charge on any atom is 0.265 e. The lowest BCUT2D eigenvalue weighted by atomic mass is 9.48. The molecule has 0 radical (unpaired) electrons. The van der Waals surface area contributed by atoms with Crippen LogP contribution in [0, 0.1) is 34.5 Å². The van der Waals surface area contributed by atoms with Gasteiger partial charge < -0.3 is 10.2 Å². The Balaban J connectivity index is 1.43. The van der Waals surface area contributed by atoms with E-state index in [9.17, 15) is 10.1 Å². The quantitative estimate of drug-likeness (QED) is 0.628. The van der Waals surface area contributed by atoms with Crippen LogP contribution in [0.3, 0.4) is 0 Å². The summed E-state index contributed by atoms with van der Waals surface area (Å²) in [4.78, 5) is 14.4. The Hall–Kier alpha value is -1.50. The Morgan fingerprint density at radius 3 is 2.20 bits per heavy atom. The van der Waals surface area contributed by atoms with Crippen molar-refractivity contribution in [3.05, 3.63) is 11.8 Å². The number of piperidine rings is 1. The predicted octanol–water partition coefficient (Wildman–Crippen LogP) is 3.60. The van der Waals surface area contributed by atoms with Gasteiger partial charge in [-0.1, -0.05) is 0 Å². The van der Waals surface area contributed by atoms with E-state index >= 15 is 0 Å². The van der Waals surface area contributed by atoms with Gasteiger partial charge in [0.15, 0.2) is 0 Å². The molecular formula is C21H31N3O. The summed E-state index contributed by atoms with van der Waals surface area (Å²) in [6, 6.07) is 2.48. The molecule has 5 rings (SSSR count). The Morgan fingerprint density at radius 1 is 1.12 bits per heavy atom. The van der Waals surface area contributed by atoms with Crippen LogP contribution in [0.4, 0.5) is 0 Å². The predicted molar refractivity (Wildman–Crippen MR) is 97.3 cm³/mol. The molecule has 5 fully saturated rings. The maximum atomic E-state index is 12.6. The highest BCUT2D eigenvalue weighted by molar-refractivity contribution is 5.97. The third-order valence-electron chi connectivity index (χ3n) is 7.48. The van der Waals surface area contributed by atoms with Gasteiger partial charge in [0.05, 0.1) is 0 Å². The number of carbonyl (C=O) groups is 1. The third-order valence-corrected chi connectivity index (χ3v) is 7.48. The van der Waals surface area contributed by atoms with Crippen LogP contribution in [0.5, 0.6) is 0 Å². The normalized spacial score (nSPS) is 38.3. The number of nitriles is 1. The van der Waals surface area contributed by atoms with Crippen LogP contribution in [0.2, 0.25) is 0 Å². The van der Waals surface area contributed by atoms with Crippen molar-refractivity contribution in [3.8, 4) is 6.07 Å². The molecule has 4 bridgehead atoms. The van der Waals surface area contributed by atoms with Crippen molar-refractivity contribution in [1.82, 2.24) is 10.2 Å². The van der Waals surface area contributed by atoms with Gasteiger partial charge in [-0.2, -0.15) is 5.26 Å². The van der Waals surface area contributed by atoms with Crippen LogP contribution in [0.25, 0.3) is 0 Å². The lowest BCUT2D eigenvalue weighted by Crippen LogP contribution is -2.54. The highest BCUT2D eigenvalue weighted by Gasteiger charge is 2.53. The van der Waals surface area contributed by atoms with E-state index in [0.29, 0.717) is 11.5 Å². The van der Waals surface area contributed by atoms with Crippen molar-refractivity contribution in [2.75, 3.05) is 13.1 Å². The first kappa shape index (κ1) is 16.9. The highest BCUT2D eigenvalue weighted by atomic mass is 16.2. The molecule has 4 nitrogen and oxygen atoms in total. The van der Waals surface area contributed by atoms with Crippen LogP contribution >= 0.6 is 0 Å². The molecule has 1 aliphatic heterocycles. The van der Waals surface area contributed by atoms with Crippen molar-refractivity contribution in [1.29, 1.82) is 5.26 Å². The lowest BCUT2D eigenvalue weighted by molar-refractivity contribution is -0.127. The Bertz CT molecular complexity index is 561. The van der Waals surface area contributed by atoms with Gasteiger partial charge in [0.1, 0.15) is 11.6 Å². The van der Waals surface area contributed by atoms with Crippen LogP contribution < -0.4 is 5.32 Å². The third kappa shape index (κ3) is 3.18. The molecule has 4 aliphatic carbocycles. The molecule has 5 aliphatic rings. The number of likely N-dealkylation sites (tertiary alicyclic amines) is 1. The SMILES string of the molecule is CC(N/C=C(/C#N)C(=O)N1CCCCC1)C12CC3CC(CC(C3)C1)C2. The fourth-order valence-electron chi connectivity index (χ4n) is 6.50. The van der Waals surface area contributed by atoms with Crippen LogP contribution in [-0.4, -0.2) is 29.9 Å². The van der Waals surface area contributed by atoms with E-state index in [1.807, 2.05) is 4.90 Å². The summed E-state index contributed by atoms with van der Waals surface area (Å²) in [7, 11) is 0. The molecule has 1 saturated heterocycles. The summed E-state index contributed by atoms with van der Waals surface area (Å²) in [6.45, 7) is 3.86. The van der Waals surface area contributed by atoms with Gasteiger partial charge in [0.2, 0.25) is 0 Å². The molecule has 0 spiro atoms. The molecule has 0 aromatic rings.